The minimum Gasteiger partial charge on any atom is -0.480 e. The highest BCUT2D eigenvalue weighted by Gasteiger charge is 2.32. The van der Waals surface area contributed by atoms with Crippen LogP contribution in [0.5, 0.6) is 0 Å². The van der Waals surface area contributed by atoms with Crippen molar-refractivity contribution in [2.75, 3.05) is 31.5 Å². The van der Waals surface area contributed by atoms with Gasteiger partial charge in [-0.15, -0.1) is 0 Å². The van der Waals surface area contributed by atoms with E-state index >= 15 is 0 Å². The summed E-state index contributed by atoms with van der Waals surface area (Å²) in [6.45, 7) is 7.35. The van der Waals surface area contributed by atoms with E-state index in [1.807, 2.05) is 55.1 Å². The van der Waals surface area contributed by atoms with Crippen molar-refractivity contribution in [1.29, 1.82) is 0 Å². The second-order valence-corrected chi connectivity index (χ2v) is 8.52. The molecule has 8 heteroatoms. The lowest BCUT2D eigenvalue weighted by Crippen LogP contribution is -2.48. The number of nitrogens with zero attached hydrogens (tertiary/aromatic N) is 3. The van der Waals surface area contributed by atoms with Crippen molar-refractivity contribution in [3.8, 4) is 0 Å². The third-order valence-electron chi connectivity index (χ3n) is 5.92. The molecule has 32 heavy (non-hydrogen) atoms. The number of nitrogens with one attached hydrogen (secondary N) is 2. The van der Waals surface area contributed by atoms with Gasteiger partial charge in [-0.25, -0.2) is 0 Å². The minimum atomic E-state index is -0.860. The Morgan fingerprint density at radius 3 is 2.59 bits per heavy atom. The molecule has 1 fully saturated rings. The van der Waals surface area contributed by atoms with Crippen molar-refractivity contribution in [3.63, 3.8) is 0 Å². The molecule has 8 nitrogen and oxygen atoms in total. The number of hydrogen-bond donors (Lipinski definition) is 3. The van der Waals surface area contributed by atoms with E-state index in [-0.39, 0.29) is 11.8 Å². The molecule has 0 spiro atoms. The lowest BCUT2D eigenvalue weighted by Gasteiger charge is -2.37. The van der Waals surface area contributed by atoms with Crippen LogP contribution in [0.4, 0.5) is 5.69 Å². The number of carboxylic acid groups (broad SMARTS) is 1. The Labute approximate surface area is 187 Å². The predicted molar refractivity (Wildman–Crippen MR) is 123 cm³/mol. The van der Waals surface area contributed by atoms with Crippen LogP contribution in [0.1, 0.15) is 31.1 Å². The van der Waals surface area contributed by atoms with Gasteiger partial charge in [-0.1, -0.05) is 26.0 Å². The second kappa shape index (κ2) is 9.50. The maximum Gasteiger partial charge on any atom is 0.325 e. The fourth-order valence-corrected chi connectivity index (χ4v) is 4.13. The monoisotopic (exact) mass is 435 g/mol. The van der Waals surface area contributed by atoms with Crippen molar-refractivity contribution in [1.82, 2.24) is 19.8 Å². The zero-order valence-electron chi connectivity index (χ0n) is 18.4. The van der Waals surface area contributed by atoms with Crippen LogP contribution in [-0.2, 0) is 16.1 Å². The van der Waals surface area contributed by atoms with E-state index in [0.29, 0.717) is 18.8 Å². The van der Waals surface area contributed by atoms with Crippen LogP contribution in [0.15, 0.2) is 48.8 Å². The molecule has 1 aliphatic heterocycles. The van der Waals surface area contributed by atoms with Gasteiger partial charge in [-0.2, -0.15) is 0 Å². The molecule has 3 heterocycles. The fourth-order valence-electron chi connectivity index (χ4n) is 4.13. The number of rotatable bonds is 7. The van der Waals surface area contributed by atoms with Crippen LogP contribution in [0.25, 0.3) is 10.9 Å². The molecule has 0 unspecified atom stereocenters. The normalized spacial score (nSPS) is 16.3. The summed E-state index contributed by atoms with van der Waals surface area (Å²) in [4.78, 5) is 36.1. The molecule has 1 amide bonds. The van der Waals surface area contributed by atoms with Crippen molar-refractivity contribution in [2.24, 2.45) is 5.92 Å². The van der Waals surface area contributed by atoms with Gasteiger partial charge in [0.2, 0.25) is 5.91 Å². The van der Waals surface area contributed by atoms with E-state index in [2.05, 4.69) is 20.2 Å². The highest BCUT2D eigenvalue weighted by atomic mass is 16.4. The Bertz CT molecular complexity index is 1090. The summed E-state index contributed by atoms with van der Waals surface area (Å²) < 4.78 is 0. The second-order valence-electron chi connectivity index (χ2n) is 8.52. The number of aromatic amines is 1. The summed E-state index contributed by atoms with van der Waals surface area (Å²) in [5.74, 6) is -1.03. The molecule has 0 saturated carbocycles. The summed E-state index contributed by atoms with van der Waals surface area (Å²) in [5, 5.41) is 13.8. The fraction of sp³-hybridized carbons (Fsp3) is 0.375. The van der Waals surface area contributed by atoms with E-state index in [4.69, 9.17) is 0 Å². The Balaban J connectivity index is 1.48. The molecule has 3 N–H and O–H groups in total. The first kappa shape index (κ1) is 22.0. The van der Waals surface area contributed by atoms with Crippen LogP contribution >= 0.6 is 0 Å². The number of amides is 1. The van der Waals surface area contributed by atoms with Gasteiger partial charge in [0, 0.05) is 73.2 Å². The van der Waals surface area contributed by atoms with E-state index < -0.39 is 12.0 Å². The van der Waals surface area contributed by atoms with E-state index in [0.717, 1.165) is 41.8 Å². The highest BCUT2D eigenvalue weighted by molar-refractivity contribution is 5.96. The predicted octanol–water partition coefficient (Wildman–Crippen LogP) is 3.10. The third kappa shape index (κ3) is 4.81. The molecular formula is C24H29N5O3. The summed E-state index contributed by atoms with van der Waals surface area (Å²) in [7, 11) is 0. The molecular weight excluding hydrogens is 406 g/mol. The Kier molecular flexibility index (Phi) is 6.53. The number of hydrogen-bond acceptors (Lipinski definition) is 5. The zero-order valence-corrected chi connectivity index (χ0v) is 18.4. The minimum absolute atomic E-state index is 0.0527. The number of aromatic nitrogens is 2. The number of carbonyl (C=O) groups is 2. The number of benzene rings is 1. The van der Waals surface area contributed by atoms with Gasteiger partial charge in [0.05, 0.1) is 5.69 Å². The number of fused-ring (bicyclic) bond motifs is 1. The van der Waals surface area contributed by atoms with Crippen LogP contribution in [0, 0.1) is 5.92 Å². The molecule has 1 atom stereocenters. The molecule has 168 valence electrons. The number of carboxylic acids is 1. The van der Waals surface area contributed by atoms with E-state index in [1.165, 1.54) is 0 Å². The van der Waals surface area contributed by atoms with Crippen molar-refractivity contribution >= 4 is 28.5 Å². The van der Waals surface area contributed by atoms with Gasteiger partial charge >= 0.3 is 5.97 Å². The van der Waals surface area contributed by atoms with Crippen LogP contribution < -0.4 is 5.32 Å². The van der Waals surface area contributed by atoms with Gasteiger partial charge in [0.1, 0.15) is 6.04 Å². The summed E-state index contributed by atoms with van der Waals surface area (Å²) in [5.41, 5.74) is 3.27. The Morgan fingerprint density at radius 1 is 1.16 bits per heavy atom. The van der Waals surface area contributed by atoms with Crippen molar-refractivity contribution in [3.05, 3.63) is 60.0 Å². The number of piperazine rings is 1. The lowest BCUT2D eigenvalue weighted by molar-refractivity contribution is -0.144. The third-order valence-corrected chi connectivity index (χ3v) is 5.92. The average molecular weight is 436 g/mol. The Hall–Kier alpha value is -3.23. The number of pyridine rings is 1. The number of carbonyl (C=O) groups excluding carboxylic acids is 1. The van der Waals surface area contributed by atoms with Crippen LogP contribution in [0.3, 0.4) is 0 Å². The molecule has 1 saturated heterocycles. The van der Waals surface area contributed by atoms with Crippen molar-refractivity contribution < 1.29 is 14.7 Å². The molecule has 0 radical (unpaired) electrons. The number of aliphatic carboxylic acids is 1. The quantitative estimate of drug-likeness (QED) is 0.527. The molecule has 0 bridgehead atoms. The maximum atomic E-state index is 12.3. The van der Waals surface area contributed by atoms with Gasteiger partial charge in [-0.05, 0) is 24.3 Å². The van der Waals surface area contributed by atoms with Gasteiger partial charge in [0.25, 0.3) is 0 Å². The topological polar surface area (TPSA) is 102 Å². The van der Waals surface area contributed by atoms with Gasteiger partial charge in [-0.3, -0.25) is 24.4 Å². The first-order valence-corrected chi connectivity index (χ1v) is 10.9. The summed E-state index contributed by atoms with van der Waals surface area (Å²) in [6, 6.07) is 10.7. The maximum absolute atomic E-state index is 12.3. The molecule has 2 aromatic heterocycles. The van der Waals surface area contributed by atoms with Crippen molar-refractivity contribution in [2.45, 2.75) is 26.4 Å². The van der Waals surface area contributed by atoms with Gasteiger partial charge < -0.3 is 15.4 Å². The Morgan fingerprint density at radius 2 is 1.94 bits per heavy atom. The molecule has 1 aliphatic rings. The standard InChI is InChI=1S/C24H29N5O3/c1-16(2)23(30)27-17-6-7-19-20(14-26-21(19)13-17)22(24(31)32)29-11-9-28(10-12-29)15-18-5-3-4-8-25-18/h3-8,13-14,16,22,26H,9-12,15H2,1-2H3,(H,27,30)(H,31,32)/t22-/m0/s1. The summed E-state index contributed by atoms with van der Waals surface area (Å²) in [6.07, 6.45) is 3.57. The van der Waals surface area contributed by atoms with Crippen LogP contribution in [-0.4, -0.2) is 62.9 Å². The molecule has 1 aromatic carbocycles. The van der Waals surface area contributed by atoms with Crippen LogP contribution in [0.2, 0.25) is 0 Å². The smallest absolute Gasteiger partial charge is 0.325 e. The number of anilines is 1. The average Bonchev–Trinajstić information content (AvgIpc) is 3.18. The van der Waals surface area contributed by atoms with E-state index in [1.54, 1.807) is 12.4 Å². The first-order chi connectivity index (χ1) is 15.4. The molecule has 0 aliphatic carbocycles. The summed E-state index contributed by atoms with van der Waals surface area (Å²) >= 11 is 0. The molecule has 4 rings (SSSR count). The van der Waals surface area contributed by atoms with E-state index in [9.17, 15) is 14.7 Å². The SMILES string of the molecule is CC(C)C(=O)Nc1ccc2c([C@@H](C(=O)O)N3CCN(Cc4ccccn4)CC3)c[nH]c2c1. The lowest BCUT2D eigenvalue weighted by atomic mass is 10.0. The zero-order chi connectivity index (χ0) is 22.7. The highest BCUT2D eigenvalue weighted by Crippen LogP contribution is 2.31. The van der Waals surface area contributed by atoms with Gasteiger partial charge in [0.15, 0.2) is 0 Å². The largest absolute Gasteiger partial charge is 0.480 e. The number of H-pyrrole nitrogens is 1. The molecule has 3 aromatic rings. The first-order valence-electron chi connectivity index (χ1n) is 10.9.